The Balaban J connectivity index is 2.10. The summed E-state index contributed by atoms with van der Waals surface area (Å²) in [5.74, 6) is -3.93. The number of carbonyl (C=O) groups is 3. The first-order valence-electron chi connectivity index (χ1n) is 17.5. The van der Waals surface area contributed by atoms with Crippen LogP contribution in [0.2, 0.25) is 0 Å². The number of nitrogens with zero attached hydrogens (tertiary/aromatic N) is 5. The molecule has 3 aromatic rings. The average molecular weight is 800 g/mol. The van der Waals surface area contributed by atoms with Gasteiger partial charge in [0.15, 0.2) is 5.69 Å². The van der Waals surface area contributed by atoms with Gasteiger partial charge in [-0.05, 0) is 79.4 Å². The third-order valence-corrected chi connectivity index (χ3v) is 7.76. The summed E-state index contributed by atoms with van der Waals surface area (Å²) in [6.07, 6.45) is -11.9. The zero-order chi connectivity index (χ0) is 41.7. The van der Waals surface area contributed by atoms with E-state index in [0.29, 0.717) is 11.6 Å². The zero-order valence-corrected chi connectivity index (χ0v) is 31.8. The molecule has 13 nitrogen and oxygen atoms in total. The highest BCUT2D eigenvalue weighted by atomic mass is 19.4. The summed E-state index contributed by atoms with van der Waals surface area (Å²) >= 11 is 0. The number of amides is 2. The number of rotatable bonds is 7. The van der Waals surface area contributed by atoms with E-state index in [4.69, 9.17) is 23.4 Å². The van der Waals surface area contributed by atoms with Crippen LogP contribution in [0.1, 0.15) is 84.7 Å². The standard InChI is InChI=1S/C37H43F6N5O8/c1-8-52-26(49)21-47-19-15-10-9-14-18-35(37(41,42)43,53-22-23-16-12-11-13-17-23)30-46-45-29(54-30)27-25(20-24(28(47)44-27)36(38,39)40)48(31(50)55-33(2,3)4)32(51)56-34(5,6)7/h9-13,16-17,20H,8,14-15,18-19,21-22H2,1-7H3. The SMILES string of the molecule is CCOC(=O)CN1CCC=CCCC(OCc2ccccc2)(C(F)(F)F)c2nnc(o2)-c2nc1c(C(F)(F)F)cc2N(C(=O)OC(C)(C)C)C(=O)OC(C)(C)C. The van der Waals surface area contributed by atoms with E-state index in [0.717, 1.165) is 4.90 Å². The predicted octanol–water partition coefficient (Wildman–Crippen LogP) is 8.91. The van der Waals surface area contributed by atoms with Gasteiger partial charge in [-0.15, -0.1) is 10.2 Å². The monoisotopic (exact) mass is 799 g/mol. The van der Waals surface area contributed by atoms with Gasteiger partial charge in [0.1, 0.15) is 29.1 Å². The summed E-state index contributed by atoms with van der Waals surface area (Å²) in [4.78, 5) is 45.4. The van der Waals surface area contributed by atoms with Crippen molar-refractivity contribution in [3.8, 4) is 11.6 Å². The molecule has 1 aromatic carbocycles. The van der Waals surface area contributed by atoms with Crippen molar-refractivity contribution >= 4 is 29.7 Å². The van der Waals surface area contributed by atoms with Gasteiger partial charge in [-0.2, -0.15) is 31.2 Å². The fourth-order valence-corrected chi connectivity index (χ4v) is 5.38. The maximum absolute atomic E-state index is 15.3. The van der Waals surface area contributed by atoms with E-state index in [1.54, 1.807) is 18.2 Å². The number of esters is 1. The molecule has 0 spiro atoms. The highest BCUT2D eigenvalue weighted by molar-refractivity contribution is 6.11. The molecule has 0 N–H and O–H groups in total. The largest absolute Gasteiger partial charge is 0.465 e. The Morgan fingerprint density at radius 3 is 2.05 bits per heavy atom. The smallest absolute Gasteiger partial charge is 0.426 e. The Labute approximate surface area is 318 Å². The van der Waals surface area contributed by atoms with Crippen LogP contribution in [0.25, 0.3) is 11.6 Å². The number of alkyl halides is 6. The molecule has 19 heteroatoms. The van der Waals surface area contributed by atoms with Gasteiger partial charge in [0.05, 0.1) is 18.9 Å². The van der Waals surface area contributed by atoms with Gasteiger partial charge < -0.3 is 28.3 Å². The number of fused-ring (bicyclic) bond motifs is 5. The molecule has 2 amide bonds. The first kappa shape index (κ1) is 43.5. The van der Waals surface area contributed by atoms with Crippen molar-refractivity contribution in [3.63, 3.8) is 0 Å². The van der Waals surface area contributed by atoms with Crippen LogP contribution in [0.4, 0.5) is 47.4 Å². The van der Waals surface area contributed by atoms with E-state index in [1.807, 2.05) is 0 Å². The normalized spacial score (nSPS) is 16.8. The number of pyridine rings is 1. The first-order valence-corrected chi connectivity index (χ1v) is 17.5. The molecule has 0 radical (unpaired) electrons. The first-order chi connectivity index (χ1) is 26.0. The number of hydrogen-bond acceptors (Lipinski definition) is 12. The molecular formula is C37H43F6N5O8. The number of imide groups is 1. The number of hydrogen-bond donors (Lipinski definition) is 0. The fourth-order valence-electron chi connectivity index (χ4n) is 5.38. The molecular weight excluding hydrogens is 756 g/mol. The van der Waals surface area contributed by atoms with Crippen LogP contribution in [0, 0.1) is 0 Å². The second-order valence-corrected chi connectivity index (χ2v) is 14.6. The molecule has 306 valence electrons. The van der Waals surface area contributed by atoms with Crippen molar-refractivity contribution < 1.29 is 64.1 Å². The maximum atomic E-state index is 15.3. The third-order valence-electron chi connectivity index (χ3n) is 7.76. The number of carbonyl (C=O) groups excluding carboxylic acids is 3. The minimum atomic E-state index is -5.27. The lowest BCUT2D eigenvalue weighted by Gasteiger charge is -2.32. The molecule has 4 rings (SSSR count). The summed E-state index contributed by atoms with van der Waals surface area (Å²) in [7, 11) is 0. The topological polar surface area (TPSA) is 146 Å². The van der Waals surface area contributed by atoms with Crippen molar-refractivity contribution in [2.75, 3.05) is 29.5 Å². The van der Waals surface area contributed by atoms with E-state index >= 15 is 26.3 Å². The number of anilines is 2. The van der Waals surface area contributed by atoms with Crippen LogP contribution < -0.4 is 9.80 Å². The van der Waals surface area contributed by atoms with E-state index in [9.17, 15) is 14.4 Å². The average Bonchev–Trinajstić information content (AvgIpc) is 3.55. The minimum Gasteiger partial charge on any atom is -0.465 e. The molecule has 0 aliphatic carbocycles. The summed E-state index contributed by atoms with van der Waals surface area (Å²) in [5, 5.41) is 7.44. The van der Waals surface area contributed by atoms with Crippen LogP contribution in [0.15, 0.2) is 53.0 Å². The molecule has 0 fully saturated rings. The number of allylic oxidation sites excluding steroid dienone is 1. The Kier molecular flexibility index (Phi) is 13.1. The van der Waals surface area contributed by atoms with Crippen molar-refractivity contribution in [1.82, 2.24) is 15.2 Å². The highest BCUT2D eigenvalue weighted by Crippen LogP contribution is 2.48. The molecule has 1 aliphatic rings. The molecule has 56 heavy (non-hydrogen) atoms. The summed E-state index contributed by atoms with van der Waals surface area (Å²) in [5.41, 5.74) is -8.94. The van der Waals surface area contributed by atoms with Gasteiger partial charge in [0.2, 0.25) is 5.60 Å². The van der Waals surface area contributed by atoms with Crippen LogP contribution in [0.5, 0.6) is 0 Å². The Bertz CT molecular complexity index is 1860. The van der Waals surface area contributed by atoms with Gasteiger partial charge in [-0.1, -0.05) is 42.5 Å². The van der Waals surface area contributed by atoms with Crippen molar-refractivity contribution in [2.45, 2.75) is 103 Å². The number of aromatic nitrogens is 3. The minimum absolute atomic E-state index is 0.0697. The lowest BCUT2D eigenvalue weighted by atomic mass is 9.95. The fraction of sp³-hybridized carbons (Fsp3) is 0.514. The second-order valence-electron chi connectivity index (χ2n) is 14.6. The molecule has 1 aliphatic heterocycles. The second kappa shape index (κ2) is 16.9. The van der Waals surface area contributed by atoms with Crippen LogP contribution in [-0.2, 0) is 42.1 Å². The van der Waals surface area contributed by atoms with Gasteiger partial charge in [0, 0.05) is 6.54 Å². The Hall–Kier alpha value is -5.20. The summed E-state index contributed by atoms with van der Waals surface area (Å²) in [6, 6.07) is 8.28. The third kappa shape index (κ3) is 10.8. The van der Waals surface area contributed by atoms with E-state index in [1.165, 1.54) is 72.8 Å². The molecule has 4 bridgehead atoms. The Morgan fingerprint density at radius 1 is 0.893 bits per heavy atom. The molecule has 1 unspecified atom stereocenters. The van der Waals surface area contributed by atoms with E-state index in [-0.39, 0.29) is 30.9 Å². The number of ether oxygens (including phenoxy) is 4. The van der Waals surface area contributed by atoms with Crippen LogP contribution >= 0.6 is 0 Å². The predicted molar refractivity (Wildman–Crippen MR) is 188 cm³/mol. The van der Waals surface area contributed by atoms with Gasteiger partial charge in [-0.3, -0.25) is 4.79 Å². The molecule has 1 atom stereocenters. The van der Waals surface area contributed by atoms with E-state index < -0.39 is 101 Å². The molecule has 2 aromatic heterocycles. The quantitative estimate of drug-likeness (QED) is 0.0973. The van der Waals surface area contributed by atoms with Crippen LogP contribution in [-0.4, -0.2) is 70.4 Å². The van der Waals surface area contributed by atoms with Gasteiger partial charge in [0.25, 0.3) is 11.8 Å². The lowest BCUT2D eigenvalue weighted by molar-refractivity contribution is -0.299. The van der Waals surface area contributed by atoms with Gasteiger partial charge in [-0.25, -0.2) is 14.6 Å². The molecule has 0 saturated carbocycles. The number of benzene rings is 1. The Morgan fingerprint density at radius 2 is 1.50 bits per heavy atom. The van der Waals surface area contributed by atoms with Crippen molar-refractivity contribution in [1.29, 1.82) is 0 Å². The number of halogens is 6. The highest BCUT2D eigenvalue weighted by Gasteiger charge is 2.61. The van der Waals surface area contributed by atoms with Crippen molar-refractivity contribution in [3.05, 3.63) is 65.6 Å². The van der Waals surface area contributed by atoms with E-state index in [2.05, 4.69) is 15.2 Å². The van der Waals surface area contributed by atoms with Crippen molar-refractivity contribution in [2.24, 2.45) is 0 Å². The zero-order valence-electron chi connectivity index (χ0n) is 31.8. The molecule has 3 heterocycles. The molecule has 0 saturated heterocycles. The maximum Gasteiger partial charge on any atom is 0.426 e. The van der Waals surface area contributed by atoms with Gasteiger partial charge >= 0.3 is 30.5 Å². The lowest BCUT2D eigenvalue weighted by Crippen LogP contribution is -2.45. The summed E-state index contributed by atoms with van der Waals surface area (Å²) < 4.78 is 118. The van der Waals surface area contributed by atoms with Crippen LogP contribution in [0.3, 0.4) is 0 Å². The summed E-state index contributed by atoms with van der Waals surface area (Å²) in [6.45, 7) is 8.27.